The summed E-state index contributed by atoms with van der Waals surface area (Å²) in [6.45, 7) is 2.36. The Morgan fingerprint density at radius 2 is 1.86 bits per heavy atom. The maximum atomic E-state index is 10.7. The Hall–Kier alpha value is -0.570. The minimum Gasteiger partial charge on any atom is -0.370 e. The molecule has 0 unspecified atom stereocenters. The Labute approximate surface area is 85.4 Å². The molecular weight excluding hydrogens is 176 g/mol. The Balaban J connectivity index is 1.68. The zero-order valence-electron chi connectivity index (χ0n) is 8.67. The lowest BCUT2D eigenvalue weighted by Gasteiger charge is -2.41. The van der Waals surface area contributed by atoms with Crippen molar-refractivity contribution in [1.29, 1.82) is 0 Å². The van der Waals surface area contributed by atoms with Gasteiger partial charge in [-0.15, -0.1) is 0 Å². The second kappa shape index (κ2) is 4.30. The molecule has 1 saturated heterocycles. The first-order valence-corrected chi connectivity index (χ1v) is 5.74. The van der Waals surface area contributed by atoms with Crippen LogP contribution in [0.2, 0.25) is 0 Å². The summed E-state index contributed by atoms with van der Waals surface area (Å²) in [4.78, 5) is 10.7. The Morgan fingerprint density at radius 1 is 1.21 bits per heavy atom. The van der Waals surface area contributed by atoms with Crippen molar-refractivity contribution in [3.63, 3.8) is 0 Å². The molecule has 1 aliphatic heterocycles. The number of piperidine rings is 1. The van der Waals surface area contributed by atoms with Crippen molar-refractivity contribution in [2.75, 3.05) is 13.1 Å². The van der Waals surface area contributed by atoms with Crippen LogP contribution in [0.25, 0.3) is 0 Å². The van der Waals surface area contributed by atoms with E-state index in [1.54, 1.807) is 0 Å². The number of primary amides is 1. The monoisotopic (exact) mass is 196 g/mol. The van der Waals surface area contributed by atoms with Crippen molar-refractivity contribution in [2.45, 2.75) is 32.1 Å². The van der Waals surface area contributed by atoms with E-state index in [0.717, 1.165) is 11.8 Å². The van der Waals surface area contributed by atoms with Gasteiger partial charge in [0.05, 0.1) is 0 Å². The minimum absolute atomic E-state index is 0.126. The molecule has 1 heterocycles. The largest absolute Gasteiger partial charge is 0.370 e. The lowest BCUT2D eigenvalue weighted by atomic mass is 9.65. The number of rotatable bonds is 3. The maximum absolute atomic E-state index is 10.7. The van der Waals surface area contributed by atoms with Crippen LogP contribution in [-0.2, 0) is 4.79 Å². The molecule has 2 fully saturated rings. The molecule has 0 aromatic carbocycles. The topological polar surface area (TPSA) is 55.1 Å². The normalized spacial score (nSPS) is 33.7. The Kier molecular flexibility index (Phi) is 3.06. The van der Waals surface area contributed by atoms with Crippen LogP contribution in [0.5, 0.6) is 0 Å². The van der Waals surface area contributed by atoms with E-state index in [9.17, 15) is 4.79 Å². The molecule has 0 aromatic heterocycles. The van der Waals surface area contributed by atoms with Gasteiger partial charge in [-0.05, 0) is 56.5 Å². The summed E-state index contributed by atoms with van der Waals surface area (Å²) in [5.74, 6) is 2.29. The van der Waals surface area contributed by atoms with Crippen LogP contribution in [0.15, 0.2) is 0 Å². The quantitative estimate of drug-likeness (QED) is 0.704. The van der Waals surface area contributed by atoms with Gasteiger partial charge >= 0.3 is 0 Å². The lowest BCUT2D eigenvalue weighted by Crippen LogP contribution is -2.38. The molecule has 14 heavy (non-hydrogen) atoms. The molecule has 0 bridgehead atoms. The van der Waals surface area contributed by atoms with Crippen LogP contribution in [0.4, 0.5) is 0 Å². The molecule has 2 aliphatic rings. The highest BCUT2D eigenvalue weighted by atomic mass is 16.1. The molecule has 0 spiro atoms. The van der Waals surface area contributed by atoms with Gasteiger partial charge in [0.1, 0.15) is 0 Å². The summed E-state index contributed by atoms with van der Waals surface area (Å²) in [5.41, 5.74) is 5.18. The van der Waals surface area contributed by atoms with Gasteiger partial charge in [-0.3, -0.25) is 4.79 Å². The van der Waals surface area contributed by atoms with E-state index in [-0.39, 0.29) is 5.91 Å². The summed E-state index contributed by atoms with van der Waals surface area (Å²) in [6, 6.07) is 0. The lowest BCUT2D eigenvalue weighted by molar-refractivity contribution is -0.120. The van der Waals surface area contributed by atoms with Crippen molar-refractivity contribution >= 4 is 5.91 Å². The molecule has 1 amide bonds. The number of carbonyl (C=O) groups is 1. The number of hydrogen-bond acceptors (Lipinski definition) is 2. The fraction of sp³-hybridized carbons (Fsp3) is 0.909. The van der Waals surface area contributed by atoms with E-state index < -0.39 is 0 Å². The maximum Gasteiger partial charge on any atom is 0.217 e. The molecule has 80 valence electrons. The summed E-state index contributed by atoms with van der Waals surface area (Å²) in [7, 11) is 0. The molecule has 3 N–H and O–H groups in total. The van der Waals surface area contributed by atoms with E-state index >= 15 is 0 Å². The second-order valence-electron chi connectivity index (χ2n) is 4.86. The van der Waals surface area contributed by atoms with Crippen LogP contribution in [-0.4, -0.2) is 19.0 Å². The first-order valence-electron chi connectivity index (χ1n) is 5.74. The average molecular weight is 196 g/mol. The first kappa shape index (κ1) is 9.97. The fourth-order valence-electron chi connectivity index (χ4n) is 2.94. The SMILES string of the molecule is NC(=O)CC1CC(C2CCNCC2)C1. The van der Waals surface area contributed by atoms with Gasteiger partial charge in [0.2, 0.25) is 5.91 Å². The molecule has 3 nitrogen and oxygen atoms in total. The zero-order chi connectivity index (χ0) is 9.97. The van der Waals surface area contributed by atoms with Crippen LogP contribution in [0.1, 0.15) is 32.1 Å². The van der Waals surface area contributed by atoms with Crippen molar-refractivity contribution < 1.29 is 4.79 Å². The molecule has 1 aliphatic carbocycles. The van der Waals surface area contributed by atoms with E-state index in [1.165, 1.54) is 38.8 Å². The first-order chi connectivity index (χ1) is 6.75. The smallest absolute Gasteiger partial charge is 0.217 e. The predicted octanol–water partition coefficient (Wildman–Crippen LogP) is 0.888. The van der Waals surface area contributed by atoms with Crippen molar-refractivity contribution in [2.24, 2.45) is 23.5 Å². The standard InChI is InChI=1S/C11H20N2O/c12-11(14)7-8-5-10(6-8)9-1-3-13-4-2-9/h8-10,13H,1-7H2,(H2,12,14). The van der Waals surface area contributed by atoms with Crippen LogP contribution in [0.3, 0.4) is 0 Å². The molecule has 0 atom stereocenters. The van der Waals surface area contributed by atoms with Gasteiger partial charge in [-0.2, -0.15) is 0 Å². The van der Waals surface area contributed by atoms with Crippen molar-refractivity contribution in [1.82, 2.24) is 5.32 Å². The number of amides is 1. The van der Waals surface area contributed by atoms with E-state index in [1.807, 2.05) is 0 Å². The Morgan fingerprint density at radius 3 is 2.43 bits per heavy atom. The number of hydrogen-bond donors (Lipinski definition) is 2. The van der Waals surface area contributed by atoms with E-state index in [4.69, 9.17) is 5.73 Å². The highest BCUT2D eigenvalue weighted by molar-refractivity contribution is 5.74. The van der Waals surface area contributed by atoms with Gasteiger partial charge in [-0.1, -0.05) is 0 Å². The molecule has 0 aromatic rings. The van der Waals surface area contributed by atoms with Crippen molar-refractivity contribution in [3.05, 3.63) is 0 Å². The molecular formula is C11H20N2O. The fourth-order valence-corrected chi connectivity index (χ4v) is 2.94. The van der Waals surface area contributed by atoms with Gasteiger partial charge in [0.25, 0.3) is 0 Å². The third kappa shape index (κ3) is 2.27. The summed E-state index contributed by atoms with van der Waals surface area (Å²) in [6.07, 6.45) is 5.75. The van der Waals surface area contributed by atoms with E-state index in [0.29, 0.717) is 12.3 Å². The van der Waals surface area contributed by atoms with E-state index in [2.05, 4.69) is 5.32 Å². The van der Waals surface area contributed by atoms with Crippen LogP contribution in [0, 0.1) is 17.8 Å². The molecule has 1 saturated carbocycles. The number of carbonyl (C=O) groups excluding carboxylic acids is 1. The highest BCUT2D eigenvalue weighted by Crippen LogP contribution is 2.43. The Bertz CT molecular complexity index is 205. The highest BCUT2D eigenvalue weighted by Gasteiger charge is 2.35. The van der Waals surface area contributed by atoms with Gasteiger partial charge in [0.15, 0.2) is 0 Å². The predicted molar refractivity (Wildman–Crippen MR) is 55.6 cm³/mol. The zero-order valence-corrected chi connectivity index (χ0v) is 8.67. The summed E-state index contributed by atoms with van der Waals surface area (Å²) >= 11 is 0. The third-order valence-corrected chi connectivity index (χ3v) is 3.81. The number of nitrogens with two attached hydrogens (primary N) is 1. The second-order valence-corrected chi connectivity index (χ2v) is 4.86. The molecule has 0 radical (unpaired) electrons. The van der Waals surface area contributed by atoms with Gasteiger partial charge < -0.3 is 11.1 Å². The molecule has 3 heteroatoms. The van der Waals surface area contributed by atoms with Crippen molar-refractivity contribution in [3.8, 4) is 0 Å². The average Bonchev–Trinajstić information content (AvgIpc) is 2.12. The van der Waals surface area contributed by atoms with Crippen LogP contribution >= 0.6 is 0 Å². The molecule has 2 rings (SSSR count). The van der Waals surface area contributed by atoms with Gasteiger partial charge in [0, 0.05) is 6.42 Å². The summed E-state index contributed by atoms with van der Waals surface area (Å²) < 4.78 is 0. The van der Waals surface area contributed by atoms with Crippen LogP contribution < -0.4 is 11.1 Å². The third-order valence-electron chi connectivity index (χ3n) is 3.81. The summed E-state index contributed by atoms with van der Waals surface area (Å²) in [5, 5.41) is 3.39. The van der Waals surface area contributed by atoms with Gasteiger partial charge in [-0.25, -0.2) is 0 Å². The number of nitrogens with one attached hydrogen (secondary N) is 1. The minimum atomic E-state index is -0.126.